The number of amides is 1. The molecule has 0 saturated heterocycles. The molecule has 0 spiro atoms. The lowest BCUT2D eigenvalue weighted by molar-refractivity contribution is -0.123. The Hall–Kier alpha value is -3.21. The minimum absolute atomic E-state index is 0.0359. The zero-order valence-corrected chi connectivity index (χ0v) is 16.4. The van der Waals surface area contributed by atoms with Gasteiger partial charge in [0.1, 0.15) is 0 Å². The number of hydrogen-bond acceptors (Lipinski definition) is 3. The van der Waals surface area contributed by atoms with E-state index >= 15 is 0 Å². The number of aryl methyl sites for hydroxylation is 1. The Kier molecular flexibility index (Phi) is 6.73. The Morgan fingerprint density at radius 3 is 2.82 bits per heavy atom. The van der Waals surface area contributed by atoms with Gasteiger partial charge in [-0.15, -0.1) is 0 Å². The number of aromatic nitrogens is 1. The number of ether oxygens (including phenoxy) is 2. The number of allylic oxidation sites excluding steroid dienone is 1. The van der Waals surface area contributed by atoms with Gasteiger partial charge in [0, 0.05) is 24.8 Å². The van der Waals surface area contributed by atoms with E-state index in [2.05, 4.69) is 34.3 Å². The van der Waals surface area contributed by atoms with Crippen LogP contribution in [0.1, 0.15) is 18.9 Å². The molecule has 28 heavy (non-hydrogen) atoms. The Labute approximate surface area is 165 Å². The first-order chi connectivity index (χ1) is 13.7. The van der Waals surface area contributed by atoms with Gasteiger partial charge in [-0.05, 0) is 48.6 Å². The lowest BCUT2D eigenvalue weighted by atomic mass is 10.2. The van der Waals surface area contributed by atoms with Crippen molar-refractivity contribution in [3.63, 3.8) is 0 Å². The molecule has 3 aromatic rings. The van der Waals surface area contributed by atoms with Crippen molar-refractivity contribution >= 4 is 22.9 Å². The van der Waals surface area contributed by atoms with Crippen molar-refractivity contribution in [3.05, 3.63) is 66.4 Å². The number of rotatable bonds is 9. The molecule has 146 valence electrons. The summed E-state index contributed by atoms with van der Waals surface area (Å²) in [6.07, 6.45) is 6.87. The SMILES string of the molecule is C/C=C/c1ccc(OCC(=O)NCCCn2ccc3ccccc32)c(OC)c1. The lowest BCUT2D eigenvalue weighted by Crippen LogP contribution is -2.30. The summed E-state index contributed by atoms with van der Waals surface area (Å²) >= 11 is 0. The highest BCUT2D eigenvalue weighted by Gasteiger charge is 2.08. The minimum Gasteiger partial charge on any atom is -0.493 e. The molecule has 1 amide bonds. The summed E-state index contributed by atoms with van der Waals surface area (Å²) in [7, 11) is 1.59. The predicted molar refractivity (Wildman–Crippen MR) is 113 cm³/mol. The average molecular weight is 378 g/mol. The maximum absolute atomic E-state index is 12.1. The maximum Gasteiger partial charge on any atom is 0.257 e. The van der Waals surface area contributed by atoms with Gasteiger partial charge < -0.3 is 19.4 Å². The van der Waals surface area contributed by atoms with Crippen LogP contribution in [0.5, 0.6) is 11.5 Å². The second kappa shape index (κ2) is 9.65. The fourth-order valence-electron chi connectivity index (χ4n) is 3.11. The third-order valence-electron chi connectivity index (χ3n) is 4.48. The van der Waals surface area contributed by atoms with E-state index < -0.39 is 0 Å². The Bertz CT molecular complexity index is 959. The first-order valence-corrected chi connectivity index (χ1v) is 9.45. The van der Waals surface area contributed by atoms with Crippen LogP contribution in [0.15, 0.2) is 60.8 Å². The van der Waals surface area contributed by atoms with Gasteiger partial charge in [0.05, 0.1) is 7.11 Å². The number of nitrogens with zero attached hydrogens (tertiary/aromatic N) is 1. The van der Waals surface area contributed by atoms with Crippen LogP contribution in [0.2, 0.25) is 0 Å². The van der Waals surface area contributed by atoms with Crippen molar-refractivity contribution in [2.45, 2.75) is 19.9 Å². The molecule has 1 N–H and O–H groups in total. The Morgan fingerprint density at radius 1 is 1.14 bits per heavy atom. The fraction of sp³-hybridized carbons (Fsp3) is 0.261. The molecule has 1 heterocycles. The van der Waals surface area contributed by atoms with Crippen molar-refractivity contribution in [2.24, 2.45) is 0 Å². The van der Waals surface area contributed by atoms with E-state index in [1.54, 1.807) is 7.11 Å². The molecule has 0 radical (unpaired) electrons. The first kappa shape index (κ1) is 19.5. The van der Waals surface area contributed by atoms with E-state index in [-0.39, 0.29) is 12.5 Å². The summed E-state index contributed by atoms with van der Waals surface area (Å²) in [4.78, 5) is 12.1. The predicted octanol–water partition coefficient (Wildman–Crippen LogP) is 4.27. The molecule has 0 unspecified atom stereocenters. The van der Waals surface area contributed by atoms with Crippen LogP contribution in [0.25, 0.3) is 17.0 Å². The summed E-state index contributed by atoms with van der Waals surface area (Å²) in [6, 6.07) is 16.0. The van der Waals surface area contributed by atoms with Gasteiger partial charge in [0.2, 0.25) is 0 Å². The van der Waals surface area contributed by atoms with Gasteiger partial charge in [-0.2, -0.15) is 0 Å². The second-order valence-electron chi connectivity index (χ2n) is 6.47. The number of carbonyl (C=O) groups excluding carboxylic acids is 1. The van der Waals surface area contributed by atoms with Crippen molar-refractivity contribution in [1.29, 1.82) is 0 Å². The summed E-state index contributed by atoms with van der Waals surface area (Å²) in [5.74, 6) is 1.03. The van der Waals surface area contributed by atoms with E-state index in [0.29, 0.717) is 18.0 Å². The van der Waals surface area contributed by atoms with Crippen LogP contribution in [0.3, 0.4) is 0 Å². The molecular weight excluding hydrogens is 352 g/mol. The highest BCUT2D eigenvalue weighted by atomic mass is 16.5. The van der Waals surface area contributed by atoms with E-state index in [1.807, 2.05) is 49.4 Å². The zero-order valence-electron chi connectivity index (χ0n) is 16.4. The van der Waals surface area contributed by atoms with Crippen LogP contribution in [0, 0.1) is 0 Å². The number of fused-ring (bicyclic) bond motifs is 1. The molecular formula is C23H26N2O3. The van der Waals surface area contributed by atoms with Gasteiger partial charge >= 0.3 is 0 Å². The number of benzene rings is 2. The van der Waals surface area contributed by atoms with Crippen LogP contribution in [-0.4, -0.2) is 30.7 Å². The number of methoxy groups -OCH3 is 1. The van der Waals surface area contributed by atoms with Gasteiger partial charge in [-0.1, -0.05) is 36.4 Å². The minimum atomic E-state index is -0.142. The van der Waals surface area contributed by atoms with Crippen molar-refractivity contribution < 1.29 is 14.3 Å². The van der Waals surface area contributed by atoms with Crippen LogP contribution < -0.4 is 14.8 Å². The first-order valence-electron chi connectivity index (χ1n) is 9.45. The molecule has 0 aliphatic carbocycles. The molecule has 0 aliphatic heterocycles. The number of nitrogens with one attached hydrogen (secondary N) is 1. The largest absolute Gasteiger partial charge is 0.493 e. The van der Waals surface area contributed by atoms with Gasteiger partial charge in [0.15, 0.2) is 18.1 Å². The smallest absolute Gasteiger partial charge is 0.257 e. The molecule has 0 saturated carbocycles. The molecule has 3 rings (SSSR count). The topological polar surface area (TPSA) is 52.5 Å². The van der Waals surface area contributed by atoms with E-state index in [1.165, 1.54) is 10.9 Å². The second-order valence-corrected chi connectivity index (χ2v) is 6.47. The summed E-state index contributed by atoms with van der Waals surface area (Å²) in [5.41, 5.74) is 2.24. The monoisotopic (exact) mass is 378 g/mol. The maximum atomic E-state index is 12.1. The van der Waals surface area contributed by atoms with Crippen molar-refractivity contribution in [1.82, 2.24) is 9.88 Å². The third kappa shape index (κ3) is 4.94. The Morgan fingerprint density at radius 2 is 2.00 bits per heavy atom. The number of carbonyl (C=O) groups is 1. The van der Waals surface area contributed by atoms with Crippen LogP contribution in [0.4, 0.5) is 0 Å². The lowest BCUT2D eigenvalue weighted by Gasteiger charge is -2.12. The van der Waals surface area contributed by atoms with Gasteiger partial charge in [-0.25, -0.2) is 0 Å². The standard InChI is InChI=1S/C23H26N2O3/c1-3-7-18-10-11-21(22(16-18)27-2)28-17-23(26)24-13-6-14-25-15-12-19-8-4-5-9-20(19)25/h3-5,7-12,15-16H,6,13-14,17H2,1-2H3,(H,24,26)/b7-3+. The average Bonchev–Trinajstić information content (AvgIpc) is 3.13. The van der Waals surface area contributed by atoms with Gasteiger partial charge in [-0.3, -0.25) is 4.79 Å². The summed E-state index contributed by atoms with van der Waals surface area (Å²) in [6.45, 7) is 3.38. The van der Waals surface area contributed by atoms with Crippen LogP contribution >= 0.6 is 0 Å². The Balaban J connectivity index is 1.43. The molecule has 1 aromatic heterocycles. The zero-order chi connectivity index (χ0) is 19.8. The fourth-order valence-corrected chi connectivity index (χ4v) is 3.11. The molecule has 5 nitrogen and oxygen atoms in total. The highest BCUT2D eigenvalue weighted by Crippen LogP contribution is 2.28. The number of hydrogen-bond donors (Lipinski definition) is 1. The molecule has 0 aliphatic rings. The van der Waals surface area contributed by atoms with Crippen molar-refractivity contribution in [2.75, 3.05) is 20.3 Å². The highest BCUT2D eigenvalue weighted by molar-refractivity contribution is 5.80. The normalized spacial score (nSPS) is 11.1. The van der Waals surface area contributed by atoms with E-state index in [4.69, 9.17) is 9.47 Å². The van der Waals surface area contributed by atoms with Crippen LogP contribution in [-0.2, 0) is 11.3 Å². The summed E-state index contributed by atoms with van der Waals surface area (Å²) in [5, 5.41) is 4.13. The van der Waals surface area contributed by atoms with E-state index in [9.17, 15) is 4.79 Å². The van der Waals surface area contributed by atoms with Crippen molar-refractivity contribution in [3.8, 4) is 11.5 Å². The third-order valence-corrected chi connectivity index (χ3v) is 4.48. The molecule has 5 heteroatoms. The molecule has 0 fully saturated rings. The molecule has 0 bridgehead atoms. The number of para-hydroxylation sites is 1. The molecule has 0 atom stereocenters. The summed E-state index contributed by atoms with van der Waals surface area (Å²) < 4.78 is 13.2. The molecule has 2 aromatic carbocycles. The van der Waals surface area contributed by atoms with Gasteiger partial charge in [0.25, 0.3) is 5.91 Å². The quantitative estimate of drug-likeness (QED) is 0.566. The van der Waals surface area contributed by atoms with E-state index in [0.717, 1.165) is 18.5 Å².